The zero-order valence-corrected chi connectivity index (χ0v) is 9.01. The van der Waals surface area contributed by atoms with E-state index in [9.17, 15) is 0 Å². The third-order valence-electron chi connectivity index (χ3n) is 2.67. The molecule has 2 atom stereocenters. The van der Waals surface area contributed by atoms with E-state index in [1.807, 2.05) is 6.92 Å². The Morgan fingerprint density at radius 1 is 1.38 bits per heavy atom. The molecule has 0 rings (SSSR count). The fourth-order valence-electron chi connectivity index (χ4n) is 1.01. The second-order valence-corrected chi connectivity index (χ2v) is 4.12. The molecule has 3 nitrogen and oxygen atoms in total. The van der Waals surface area contributed by atoms with Crippen molar-refractivity contribution in [2.45, 2.75) is 39.7 Å². The van der Waals surface area contributed by atoms with Crippen LogP contribution in [-0.2, 0) is 0 Å². The Morgan fingerprint density at radius 2 is 2.00 bits per heavy atom. The standard InChI is InChI=1S/C10H23NO2/c1-4-10(3,8-13)7-11-9(2)5-6-12/h9,11-13H,4-8H2,1-3H3. The van der Waals surface area contributed by atoms with Crippen molar-refractivity contribution in [3.8, 4) is 0 Å². The molecule has 0 fully saturated rings. The van der Waals surface area contributed by atoms with Crippen molar-refractivity contribution in [3.63, 3.8) is 0 Å². The summed E-state index contributed by atoms with van der Waals surface area (Å²) in [5, 5.41) is 21.1. The van der Waals surface area contributed by atoms with E-state index in [-0.39, 0.29) is 18.6 Å². The number of rotatable bonds is 7. The Bertz CT molecular complexity index is 124. The van der Waals surface area contributed by atoms with Crippen molar-refractivity contribution in [3.05, 3.63) is 0 Å². The second-order valence-electron chi connectivity index (χ2n) is 4.12. The summed E-state index contributed by atoms with van der Waals surface area (Å²) in [6, 6.07) is 0.322. The quantitative estimate of drug-likeness (QED) is 0.554. The summed E-state index contributed by atoms with van der Waals surface area (Å²) in [6.45, 7) is 7.42. The monoisotopic (exact) mass is 189 g/mol. The Kier molecular flexibility index (Phi) is 6.29. The largest absolute Gasteiger partial charge is 0.396 e. The molecule has 0 aromatic rings. The highest BCUT2D eigenvalue weighted by Gasteiger charge is 2.20. The van der Waals surface area contributed by atoms with Crippen molar-refractivity contribution in [1.29, 1.82) is 0 Å². The van der Waals surface area contributed by atoms with Gasteiger partial charge in [-0.25, -0.2) is 0 Å². The van der Waals surface area contributed by atoms with Gasteiger partial charge in [0.05, 0.1) is 0 Å². The molecule has 80 valence electrons. The molecule has 3 heteroatoms. The predicted molar refractivity (Wildman–Crippen MR) is 54.7 cm³/mol. The first kappa shape index (κ1) is 12.9. The maximum atomic E-state index is 9.14. The van der Waals surface area contributed by atoms with Crippen LogP contribution in [0.2, 0.25) is 0 Å². The van der Waals surface area contributed by atoms with Crippen LogP contribution in [0.4, 0.5) is 0 Å². The van der Waals surface area contributed by atoms with Crippen LogP contribution in [0.3, 0.4) is 0 Å². The van der Waals surface area contributed by atoms with Crippen molar-refractivity contribution in [1.82, 2.24) is 5.32 Å². The predicted octanol–water partition coefficient (Wildman–Crippen LogP) is 0.755. The molecule has 0 radical (unpaired) electrons. The molecule has 0 heterocycles. The van der Waals surface area contributed by atoms with Gasteiger partial charge in [0.2, 0.25) is 0 Å². The minimum atomic E-state index is -0.0241. The van der Waals surface area contributed by atoms with Crippen LogP contribution in [0.15, 0.2) is 0 Å². The highest BCUT2D eigenvalue weighted by atomic mass is 16.3. The van der Waals surface area contributed by atoms with E-state index in [2.05, 4.69) is 19.2 Å². The van der Waals surface area contributed by atoms with Gasteiger partial charge in [0, 0.05) is 31.2 Å². The lowest BCUT2D eigenvalue weighted by molar-refractivity contribution is 0.130. The zero-order chi connectivity index (χ0) is 10.3. The first-order valence-electron chi connectivity index (χ1n) is 5.03. The van der Waals surface area contributed by atoms with Crippen LogP contribution in [0.25, 0.3) is 0 Å². The Hall–Kier alpha value is -0.120. The Labute approximate surface area is 81.2 Å². The fraction of sp³-hybridized carbons (Fsp3) is 1.00. The lowest BCUT2D eigenvalue weighted by Crippen LogP contribution is -2.39. The van der Waals surface area contributed by atoms with Crippen molar-refractivity contribution in [2.24, 2.45) is 5.41 Å². The van der Waals surface area contributed by atoms with Crippen molar-refractivity contribution < 1.29 is 10.2 Å². The maximum absolute atomic E-state index is 9.14. The van der Waals surface area contributed by atoms with E-state index in [1.165, 1.54) is 0 Å². The molecule has 0 aromatic carbocycles. The molecule has 0 saturated heterocycles. The minimum absolute atomic E-state index is 0.0241. The van der Waals surface area contributed by atoms with Gasteiger partial charge in [0.1, 0.15) is 0 Å². The third-order valence-corrected chi connectivity index (χ3v) is 2.67. The molecule has 0 aliphatic rings. The maximum Gasteiger partial charge on any atom is 0.0496 e. The van der Waals surface area contributed by atoms with Crippen LogP contribution < -0.4 is 5.32 Å². The molecule has 0 bridgehead atoms. The number of hydrogen-bond donors (Lipinski definition) is 3. The molecule has 0 aliphatic heterocycles. The van der Waals surface area contributed by atoms with Gasteiger partial charge in [-0.1, -0.05) is 13.8 Å². The minimum Gasteiger partial charge on any atom is -0.396 e. The first-order valence-corrected chi connectivity index (χ1v) is 5.03. The lowest BCUT2D eigenvalue weighted by Gasteiger charge is -2.27. The topological polar surface area (TPSA) is 52.5 Å². The molecule has 13 heavy (non-hydrogen) atoms. The zero-order valence-electron chi connectivity index (χ0n) is 9.01. The van der Waals surface area contributed by atoms with Gasteiger partial charge >= 0.3 is 0 Å². The molecule has 3 N–H and O–H groups in total. The van der Waals surface area contributed by atoms with Crippen LogP contribution in [-0.4, -0.2) is 36.0 Å². The Morgan fingerprint density at radius 3 is 2.38 bits per heavy atom. The number of aliphatic hydroxyl groups is 2. The SMILES string of the molecule is CCC(C)(CO)CNC(C)CCO. The van der Waals surface area contributed by atoms with E-state index in [4.69, 9.17) is 10.2 Å². The van der Waals surface area contributed by atoms with E-state index >= 15 is 0 Å². The van der Waals surface area contributed by atoms with Gasteiger partial charge in [-0.3, -0.25) is 0 Å². The average molecular weight is 189 g/mol. The van der Waals surface area contributed by atoms with E-state index < -0.39 is 0 Å². The molecule has 0 aliphatic carbocycles. The van der Waals surface area contributed by atoms with Gasteiger partial charge in [0.15, 0.2) is 0 Å². The second kappa shape index (κ2) is 6.35. The third kappa shape index (κ3) is 5.24. The van der Waals surface area contributed by atoms with Crippen LogP contribution in [0, 0.1) is 5.41 Å². The van der Waals surface area contributed by atoms with E-state index in [0.29, 0.717) is 6.04 Å². The highest BCUT2D eigenvalue weighted by Crippen LogP contribution is 2.18. The van der Waals surface area contributed by atoms with Crippen molar-refractivity contribution >= 4 is 0 Å². The van der Waals surface area contributed by atoms with Crippen LogP contribution in [0.1, 0.15) is 33.6 Å². The number of aliphatic hydroxyl groups excluding tert-OH is 2. The summed E-state index contributed by atoms with van der Waals surface area (Å²) < 4.78 is 0. The van der Waals surface area contributed by atoms with Crippen molar-refractivity contribution in [2.75, 3.05) is 19.8 Å². The van der Waals surface area contributed by atoms with Gasteiger partial charge in [-0.2, -0.15) is 0 Å². The summed E-state index contributed by atoms with van der Waals surface area (Å²) in [7, 11) is 0. The average Bonchev–Trinajstić information content (AvgIpc) is 2.15. The molecule has 0 amide bonds. The molecule has 2 unspecified atom stereocenters. The van der Waals surface area contributed by atoms with Gasteiger partial charge in [-0.05, 0) is 19.8 Å². The summed E-state index contributed by atoms with van der Waals surface area (Å²) >= 11 is 0. The summed E-state index contributed by atoms with van der Waals surface area (Å²) in [5.41, 5.74) is -0.0241. The van der Waals surface area contributed by atoms with Gasteiger partial charge < -0.3 is 15.5 Å². The summed E-state index contributed by atoms with van der Waals surface area (Å²) in [6.07, 6.45) is 1.73. The highest BCUT2D eigenvalue weighted by molar-refractivity contribution is 4.75. The summed E-state index contributed by atoms with van der Waals surface area (Å²) in [4.78, 5) is 0. The molecule has 0 spiro atoms. The van der Waals surface area contributed by atoms with Crippen LogP contribution >= 0.6 is 0 Å². The van der Waals surface area contributed by atoms with Gasteiger partial charge in [-0.15, -0.1) is 0 Å². The lowest BCUT2D eigenvalue weighted by atomic mass is 9.88. The first-order chi connectivity index (χ1) is 6.08. The number of hydrogen-bond acceptors (Lipinski definition) is 3. The normalized spacial score (nSPS) is 18.2. The van der Waals surface area contributed by atoms with Crippen LogP contribution in [0.5, 0.6) is 0 Å². The van der Waals surface area contributed by atoms with Gasteiger partial charge in [0.25, 0.3) is 0 Å². The molecule has 0 aromatic heterocycles. The Balaban J connectivity index is 3.71. The summed E-state index contributed by atoms with van der Waals surface area (Å²) in [5.74, 6) is 0. The molecular formula is C10H23NO2. The fourth-order valence-corrected chi connectivity index (χ4v) is 1.01. The number of nitrogens with one attached hydrogen (secondary N) is 1. The smallest absolute Gasteiger partial charge is 0.0496 e. The van der Waals surface area contributed by atoms with E-state index in [0.717, 1.165) is 19.4 Å². The molecular weight excluding hydrogens is 166 g/mol. The molecule has 0 saturated carbocycles. The van der Waals surface area contributed by atoms with E-state index in [1.54, 1.807) is 0 Å².